The van der Waals surface area contributed by atoms with Crippen molar-refractivity contribution in [2.24, 2.45) is 0 Å². The predicted octanol–water partition coefficient (Wildman–Crippen LogP) is 5.50. The molecule has 1 aromatic heterocycles. The molecule has 4 rings (SSSR count). The lowest BCUT2D eigenvalue weighted by Gasteiger charge is -2.09. The molecule has 162 valence electrons. The van der Waals surface area contributed by atoms with Crippen molar-refractivity contribution in [3.05, 3.63) is 69.7 Å². The lowest BCUT2D eigenvalue weighted by atomic mass is 10.1. The molecule has 1 aliphatic rings. The molecule has 32 heavy (non-hydrogen) atoms. The SMILES string of the molecule is C=C(C)C#Cc1ccc(NC(=O)CSc2nnnn2-c2ccc(C3CC3)cc2Cl)c(Cl)c1. The van der Waals surface area contributed by atoms with Crippen molar-refractivity contribution in [1.82, 2.24) is 20.2 Å². The van der Waals surface area contributed by atoms with Gasteiger partial charge < -0.3 is 5.32 Å². The van der Waals surface area contributed by atoms with Gasteiger partial charge >= 0.3 is 0 Å². The fraction of sp³-hybridized carbons (Fsp3) is 0.217. The van der Waals surface area contributed by atoms with Crippen molar-refractivity contribution in [3.8, 4) is 17.5 Å². The predicted molar refractivity (Wildman–Crippen MR) is 129 cm³/mol. The molecule has 0 radical (unpaired) electrons. The number of hydrogen-bond donors (Lipinski definition) is 1. The van der Waals surface area contributed by atoms with Crippen LogP contribution in [0, 0.1) is 11.8 Å². The number of nitrogens with one attached hydrogen (secondary N) is 1. The standard InChI is InChI=1S/C23H19Cl2N5OS/c1-14(2)3-4-15-5-9-20(18(24)11-15)26-22(31)13-32-23-27-28-29-30(23)21-10-8-17(12-19(21)25)16-6-7-16/h5,8-12,16H,1,6-7,13H2,2H3,(H,26,31). The van der Waals surface area contributed by atoms with Gasteiger partial charge in [0.25, 0.3) is 0 Å². The van der Waals surface area contributed by atoms with E-state index in [1.54, 1.807) is 22.9 Å². The van der Waals surface area contributed by atoms with Crippen LogP contribution in [0.1, 0.15) is 36.8 Å². The molecule has 1 amide bonds. The number of allylic oxidation sites excluding steroid dienone is 1. The second-order valence-electron chi connectivity index (χ2n) is 7.42. The number of carbonyl (C=O) groups is 1. The van der Waals surface area contributed by atoms with Gasteiger partial charge in [0, 0.05) is 5.56 Å². The molecule has 0 spiro atoms. The van der Waals surface area contributed by atoms with Crippen LogP contribution >= 0.6 is 35.0 Å². The minimum absolute atomic E-state index is 0.103. The molecule has 0 bridgehead atoms. The zero-order valence-corrected chi connectivity index (χ0v) is 19.6. The smallest absolute Gasteiger partial charge is 0.234 e. The summed E-state index contributed by atoms with van der Waals surface area (Å²) in [5.41, 5.74) is 3.93. The molecule has 0 unspecified atom stereocenters. The highest BCUT2D eigenvalue weighted by Gasteiger charge is 2.24. The molecule has 3 aromatic rings. The van der Waals surface area contributed by atoms with Gasteiger partial charge in [-0.2, -0.15) is 4.68 Å². The Balaban J connectivity index is 1.40. The molecule has 9 heteroatoms. The monoisotopic (exact) mass is 483 g/mol. The quantitative estimate of drug-likeness (QED) is 0.369. The van der Waals surface area contributed by atoms with Gasteiger partial charge in [0.2, 0.25) is 11.1 Å². The minimum Gasteiger partial charge on any atom is -0.324 e. The lowest BCUT2D eigenvalue weighted by molar-refractivity contribution is -0.113. The first-order valence-corrected chi connectivity index (χ1v) is 11.6. The summed E-state index contributed by atoms with van der Waals surface area (Å²) in [6.07, 6.45) is 2.40. The van der Waals surface area contributed by atoms with Gasteiger partial charge in [-0.05, 0) is 77.6 Å². The van der Waals surface area contributed by atoms with E-state index in [0.717, 1.165) is 11.1 Å². The van der Waals surface area contributed by atoms with E-state index in [2.05, 4.69) is 39.3 Å². The first-order valence-electron chi connectivity index (χ1n) is 9.88. The number of anilines is 1. The number of thioether (sulfide) groups is 1. The van der Waals surface area contributed by atoms with Crippen LogP contribution in [0.25, 0.3) is 5.69 Å². The second kappa shape index (κ2) is 9.78. The summed E-state index contributed by atoms with van der Waals surface area (Å²) in [6.45, 7) is 5.57. The Morgan fingerprint density at radius 2 is 2.06 bits per heavy atom. The number of halogens is 2. The van der Waals surface area contributed by atoms with Crippen LogP contribution in [-0.2, 0) is 4.79 Å². The maximum absolute atomic E-state index is 12.5. The Labute approximate surface area is 200 Å². The summed E-state index contributed by atoms with van der Waals surface area (Å²) in [5.74, 6) is 6.33. The Hall–Kier alpha value is -2.79. The number of rotatable bonds is 6. The van der Waals surface area contributed by atoms with Crippen LogP contribution in [0.3, 0.4) is 0 Å². The highest BCUT2D eigenvalue weighted by molar-refractivity contribution is 7.99. The average molecular weight is 484 g/mol. The lowest BCUT2D eigenvalue weighted by Crippen LogP contribution is -2.15. The van der Waals surface area contributed by atoms with Crippen LogP contribution in [0.2, 0.25) is 10.0 Å². The van der Waals surface area contributed by atoms with Crippen molar-refractivity contribution in [3.63, 3.8) is 0 Å². The first-order chi connectivity index (χ1) is 15.4. The normalized spacial score (nSPS) is 12.7. The molecule has 6 nitrogen and oxygen atoms in total. The molecule has 1 N–H and O–H groups in total. The number of amides is 1. The van der Waals surface area contributed by atoms with Crippen molar-refractivity contribution in [2.75, 3.05) is 11.1 Å². The summed E-state index contributed by atoms with van der Waals surface area (Å²) >= 11 is 14.0. The molecule has 0 atom stereocenters. The van der Waals surface area contributed by atoms with E-state index in [4.69, 9.17) is 23.2 Å². The maximum Gasteiger partial charge on any atom is 0.234 e. The summed E-state index contributed by atoms with van der Waals surface area (Å²) in [5, 5.41) is 16.0. The number of carbonyl (C=O) groups excluding carboxylic acids is 1. The summed E-state index contributed by atoms with van der Waals surface area (Å²) in [7, 11) is 0. The Morgan fingerprint density at radius 1 is 1.25 bits per heavy atom. The number of benzene rings is 2. The van der Waals surface area contributed by atoms with E-state index in [1.165, 1.54) is 30.2 Å². The first kappa shape index (κ1) is 22.4. The maximum atomic E-state index is 12.5. The van der Waals surface area contributed by atoms with Crippen LogP contribution in [0.15, 0.2) is 53.7 Å². The van der Waals surface area contributed by atoms with Gasteiger partial charge in [-0.25, -0.2) is 0 Å². The molecule has 1 heterocycles. The summed E-state index contributed by atoms with van der Waals surface area (Å²) in [4.78, 5) is 12.5. The van der Waals surface area contributed by atoms with Gasteiger partial charge in [0.1, 0.15) is 0 Å². The molecule has 1 aliphatic carbocycles. The van der Waals surface area contributed by atoms with Gasteiger partial charge in [0.15, 0.2) is 0 Å². The van der Waals surface area contributed by atoms with E-state index in [1.807, 2.05) is 25.1 Å². The Kier molecular flexibility index (Phi) is 6.85. The van der Waals surface area contributed by atoms with E-state index in [0.29, 0.717) is 32.5 Å². The third kappa shape index (κ3) is 5.52. The molecule has 0 saturated heterocycles. The van der Waals surface area contributed by atoms with Gasteiger partial charge in [0.05, 0.1) is 27.2 Å². The van der Waals surface area contributed by atoms with Crippen LogP contribution in [0.5, 0.6) is 0 Å². The number of nitrogens with zero attached hydrogens (tertiary/aromatic N) is 4. The fourth-order valence-corrected chi connectivity index (χ4v) is 4.16. The van der Waals surface area contributed by atoms with E-state index >= 15 is 0 Å². The largest absolute Gasteiger partial charge is 0.324 e. The van der Waals surface area contributed by atoms with Crippen LogP contribution < -0.4 is 5.32 Å². The third-order valence-electron chi connectivity index (χ3n) is 4.69. The van der Waals surface area contributed by atoms with Crippen molar-refractivity contribution < 1.29 is 4.79 Å². The fourth-order valence-electron chi connectivity index (χ4n) is 2.98. The average Bonchev–Trinajstić information content (AvgIpc) is 3.51. The highest BCUT2D eigenvalue weighted by atomic mass is 35.5. The zero-order valence-electron chi connectivity index (χ0n) is 17.2. The molecular formula is C23H19Cl2N5OS. The highest BCUT2D eigenvalue weighted by Crippen LogP contribution is 2.41. The van der Waals surface area contributed by atoms with E-state index in [-0.39, 0.29) is 11.7 Å². The Bertz CT molecular complexity index is 1260. The van der Waals surface area contributed by atoms with Crippen molar-refractivity contribution in [2.45, 2.75) is 30.8 Å². The molecule has 2 aromatic carbocycles. The van der Waals surface area contributed by atoms with Gasteiger partial charge in [-0.3, -0.25) is 4.79 Å². The number of hydrogen-bond acceptors (Lipinski definition) is 5. The molecule has 1 fully saturated rings. The van der Waals surface area contributed by atoms with Gasteiger partial charge in [-0.15, -0.1) is 5.10 Å². The van der Waals surface area contributed by atoms with Crippen LogP contribution in [0.4, 0.5) is 5.69 Å². The van der Waals surface area contributed by atoms with Crippen molar-refractivity contribution in [1.29, 1.82) is 0 Å². The third-order valence-corrected chi connectivity index (χ3v) is 6.22. The van der Waals surface area contributed by atoms with Gasteiger partial charge in [-0.1, -0.05) is 59.4 Å². The summed E-state index contributed by atoms with van der Waals surface area (Å²) in [6, 6.07) is 11.1. The molecule has 1 saturated carbocycles. The topological polar surface area (TPSA) is 72.7 Å². The summed E-state index contributed by atoms with van der Waals surface area (Å²) < 4.78 is 1.54. The van der Waals surface area contributed by atoms with Crippen LogP contribution in [-0.4, -0.2) is 31.9 Å². The Morgan fingerprint density at radius 3 is 2.75 bits per heavy atom. The number of tetrazole rings is 1. The van der Waals surface area contributed by atoms with E-state index in [9.17, 15) is 4.79 Å². The second-order valence-corrected chi connectivity index (χ2v) is 9.18. The van der Waals surface area contributed by atoms with Crippen molar-refractivity contribution >= 4 is 46.6 Å². The molecule has 0 aliphatic heterocycles. The number of aromatic nitrogens is 4. The molecular weight excluding hydrogens is 465 g/mol. The zero-order chi connectivity index (χ0) is 22.7. The van der Waals surface area contributed by atoms with E-state index < -0.39 is 0 Å². The minimum atomic E-state index is -0.234.